The largest absolute Gasteiger partial charge is 0.507 e. The molecule has 0 radical (unpaired) electrons. The summed E-state index contributed by atoms with van der Waals surface area (Å²) in [5.41, 5.74) is 2.13. The molecule has 1 aliphatic rings. The van der Waals surface area contributed by atoms with Crippen molar-refractivity contribution in [2.24, 2.45) is 0 Å². The van der Waals surface area contributed by atoms with Gasteiger partial charge in [0.05, 0.1) is 43.5 Å². The molecule has 7 nitrogen and oxygen atoms in total. The highest BCUT2D eigenvalue weighted by atomic mass is 35.5. The number of ketones is 1. The summed E-state index contributed by atoms with van der Waals surface area (Å²) in [6, 6.07) is 16.3. The Morgan fingerprint density at radius 1 is 0.914 bits per heavy atom. The van der Waals surface area contributed by atoms with Gasteiger partial charge in [-0.2, -0.15) is 0 Å². The second-order valence-corrected chi connectivity index (χ2v) is 8.32. The summed E-state index contributed by atoms with van der Waals surface area (Å²) in [6.07, 6.45) is 0. The molecule has 0 bridgehead atoms. The molecule has 4 rings (SSSR count). The molecule has 1 saturated heterocycles. The van der Waals surface area contributed by atoms with Gasteiger partial charge in [0.15, 0.2) is 0 Å². The maximum atomic E-state index is 13.4. The second-order valence-electron chi connectivity index (χ2n) is 7.91. The molecular formula is C27H24ClNO6. The van der Waals surface area contributed by atoms with Gasteiger partial charge in [-0.05, 0) is 48.4 Å². The summed E-state index contributed by atoms with van der Waals surface area (Å²) in [5, 5.41) is 11.7. The van der Waals surface area contributed by atoms with Crippen LogP contribution in [0.25, 0.3) is 5.76 Å². The maximum absolute atomic E-state index is 13.4. The number of hydrogen-bond acceptors (Lipinski definition) is 6. The van der Waals surface area contributed by atoms with Crippen LogP contribution in [0.4, 0.5) is 5.69 Å². The molecule has 35 heavy (non-hydrogen) atoms. The highest BCUT2D eigenvalue weighted by Crippen LogP contribution is 2.45. The van der Waals surface area contributed by atoms with E-state index < -0.39 is 23.5 Å². The fraction of sp³-hybridized carbons (Fsp3) is 0.185. The lowest BCUT2D eigenvalue weighted by Crippen LogP contribution is -2.29. The van der Waals surface area contributed by atoms with Crippen molar-refractivity contribution < 1.29 is 28.9 Å². The number of rotatable bonds is 6. The normalized spacial score (nSPS) is 16.9. The van der Waals surface area contributed by atoms with Crippen LogP contribution in [-0.2, 0) is 9.59 Å². The van der Waals surface area contributed by atoms with Gasteiger partial charge in [-0.25, -0.2) is 0 Å². The Bertz CT molecular complexity index is 1330. The van der Waals surface area contributed by atoms with E-state index in [1.807, 2.05) is 31.2 Å². The minimum atomic E-state index is -0.879. The molecule has 3 aromatic carbocycles. The Kier molecular flexibility index (Phi) is 6.71. The fourth-order valence-electron chi connectivity index (χ4n) is 4.22. The third-order valence-electron chi connectivity index (χ3n) is 6.01. The van der Waals surface area contributed by atoms with Crippen molar-refractivity contribution in [2.75, 3.05) is 26.2 Å². The molecular weight excluding hydrogens is 470 g/mol. The summed E-state index contributed by atoms with van der Waals surface area (Å²) in [7, 11) is 4.43. The molecule has 0 aliphatic carbocycles. The molecule has 1 aliphatic heterocycles. The number of anilines is 1. The number of halogens is 1. The lowest BCUT2D eigenvalue weighted by molar-refractivity contribution is -0.132. The van der Waals surface area contributed by atoms with Gasteiger partial charge in [0.2, 0.25) is 0 Å². The van der Waals surface area contributed by atoms with E-state index in [9.17, 15) is 14.7 Å². The monoisotopic (exact) mass is 493 g/mol. The van der Waals surface area contributed by atoms with E-state index in [1.165, 1.54) is 31.3 Å². The molecule has 1 atom stereocenters. The van der Waals surface area contributed by atoms with Crippen LogP contribution in [0.15, 0.2) is 66.2 Å². The van der Waals surface area contributed by atoms with Gasteiger partial charge in [-0.3, -0.25) is 14.5 Å². The Morgan fingerprint density at radius 3 is 2.17 bits per heavy atom. The molecule has 1 fully saturated rings. The first-order chi connectivity index (χ1) is 16.8. The number of hydrogen-bond donors (Lipinski definition) is 1. The first kappa shape index (κ1) is 24.2. The third-order valence-corrected chi connectivity index (χ3v) is 6.30. The number of nitrogens with zero attached hydrogens (tertiary/aromatic N) is 1. The van der Waals surface area contributed by atoms with Gasteiger partial charge in [0.25, 0.3) is 11.7 Å². The van der Waals surface area contributed by atoms with Crippen LogP contribution < -0.4 is 19.1 Å². The number of methoxy groups -OCH3 is 3. The van der Waals surface area contributed by atoms with Crippen molar-refractivity contribution >= 4 is 34.7 Å². The Morgan fingerprint density at radius 2 is 1.57 bits per heavy atom. The molecule has 0 saturated carbocycles. The van der Waals surface area contributed by atoms with E-state index in [2.05, 4.69) is 0 Å². The summed E-state index contributed by atoms with van der Waals surface area (Å²) < 4.78 is 15.9. The van der Waals surface area contributed by atoms with E-state index in [0.29, 0.717) is 22.7 Å². The Hall–Kier alpha value is -3.97. The standard InChI is InChI=1S/C27H24ClNO6/c1-15-7-5-6-8-18(15)24-23(25(30)19-13-20(28)22(35-4)14-21(19)34-3)26(31)27(32)29(24)16-9-11-17(33-2)12-10-16/h5-14,24,30H,1-4H3/b25-23+. The van der Waals surface area contributed by atoms with Crippen molar-refractivity contribution in [3.63, 3.8) is 0 Å². The molecule has 1 heterocycles. The van der Waals surface area contributed by atoms with Gasteiger partial charge in [-0.1, -0.05) is 35.9 Å². The van der Waals surface area contributed by atoms with Crippen molar-refractivity contribution in [2.45, 2.75) is 13.0 Å². The van der Waals surface area contributed by atoms with Crippen LogP contribution in [0.1, 0.15) is 22.7 Å². The lowest BCUT2D eigenvalue weighted by atomic mass is 9.92. The van der Waals surface area contributed by atoms with Crippen molar-refractivity contribution in [1.82, 2.24) is 0 Å². The number of aliphatic hydroxyl groups excluding tert-OH is 1. The lowest BCUT2D eigenvalue weighted by Gasteiger charge is -2.27. The molecule has 1 amide bonds. The highest BCUT2D eigenvalue weighted by Gasteiger charge is 2.47. The molecule has 0 aromatic heterocycles. The second kappa shape index (κ2) is 9.72. The number of Topliss-reactive ketones (excluding diaryl/α,β-unsaturated/α-hetero) is 1. The number of aryl methyl sites for hydroxylation is 1. The van der Waals surface area contributed by atoms with Crippen LogP contribution in [0.2, 0.25) is 5.02 Å². The zero-order valence-electron chi connectivity index (χ0n) is 19.7. The first-order valence-electron chi connectivity index (χ1n) is 10.7. The zero-order valence-corrected chi connectivity index (χ0v) is 20.4. The summed E-state index contributed by atoms with van der Waals surface area (Å²) in [4.78, 5) is 28.1. The van der Waals surface area contributed by atoms with E-state index in [-0.39, 0.29) is 21.9 Å². The van der Waals surface area contributed by atoms with Crippen LogP contribution in [-0.4, -0.2) is 38.1 Å². The average Bonchev–Trinajstić information content (AvgIpc) is 3.13. The van der Waals surface area contributed by atoms with Gasteiger partial charge in [0.1, 0.15) is 23.0 Å². The summed E-state index contributed by atoms with van der Waals surface area (Å²) >= 11 is 6.32. The predicted octanol–water partition coefficient (Wildman–Crippen LogP) is 5.30. The SMILES string of the molecule is COc1ccc(N2C(=O)C(=O)/C(=C(/O)c3cc(Cl)c(OC)cc3OC)C2c2ccccc2C)cc1. The number of amides is 1. The van der Waals surface area contributed by atoms with Crippen LogP contribution in [0.3, 0.4) is 0 Å². The molecule has 180 valence electrons. The molecule has 1 N–H and O–H groups in total. The Balaban J connectivity index is 1.99. The number of aliphatic hydroxyl groups is 1. The van der Waals surface area contributed by atoms with Gasteiger partial charge < -0.3 is 19.3 Å². The summed E-state index contributed by atoms with van der Waals surface area (Å²) in [5.74, 6) is -0.786. The van der Waals surface area contributed by atoms with Gasteiger partial charge in [0, 0.05) is 11.8 Å². The minimum Gasteiger partial charge on any atom is -0.507 e. The predicted molar refractivity (Wildman–Crippen MR) is 134 cm³/mol. The first-order valence-corrected chi connectivity index (χ1v) is 11.1. The topological polar surface area (TPSA) is 85.3 Å². The van der Waals surface area contributed by atoms with Crippen LogP contribution in [0.5, 0.6) is 17.2 Å². The smallest absolute Gasteiger partial charge is 0.300 e. The average molecular weight is 494 g/mol. The fourth-order valence-corrected chi connectivity index (χ4v) is 4.46. The minimum absolute atomic E-state index is 0.0698. The molecule has 0 spiro atoms. The number of ether oxygens (including phenoxy) is 3. The highest BCUT2D eigenvalue weighted by molar-refractivity contribution is 6.51. The van der Waals surface area contributed by atoms with Crippen molar-refractivity contribution in [1.29, 1.82) is 0 Å². The maximum Gasteiger partial charge on any atom is 0.300 e. The van der Waals surface area contributed by atoms with Crippen molar-refractivity contribution in [3.05, 3.63) is 87.9 Å². The Labute approximate surface area is 208 Å². The van der Waals surface area contributed by atoms with E-state index >= 15 is 0 Å². The zero-order chi connectivity index (χ0) is 25.3. The molecule has 8 heteroatoms. The van der Waals surface area contributed by atoms with E-state index in [1.54, 1.807) is 31.4 Å². The van der Waals surface area contributed by atoms with E-state index in [0.717, 1.165) is 5.56 Å². The number of carbonyl (C=O) groups is 2. The quantitative estimate of drug-likeness (QED) is 0.285. The third kappa shape index (κ3) is 4.19. The molecule has 3 aromatic rings. The van der Waals surface area contributed by atoms with Crippen LogP contribution in [0, 0.1) is 6.92 Å². The molecule has 1 unspecified atom stereocenters. The van der Waals surface area contributed by atoms with Gasteiger partial charge in [-0.15, -0.1) is 0 Å². The van der Waals surface area contributed by atoms with Crippen molar-refractivity contribution in [3.8, 4) is 17.2 Å². The number of carbonyl (C=O) groups excluding carboxylic acids is 2. The van der Waals surface area contributed by atoms with Crippen LogP contribution >= 0.6 is 11.6 Å². The van der Waals surface area contributed by atoms with E-state index in [4.69, 9.17) is 25.8 Å². The number of benzene rings is 3. The summed E-state index contributed by atoms with van der Waals surface area (Å²) in [6.45, 7) is 1.88. The van der Waals surface area contributed by atoms with Gasteiger partial charge >= 0.3 is 0 Å².